The van der Waals surface area contributed by atoms with Crippen molar-refractivity contribution in [1.82, 2.24) is 16.2 Å². The number of hydrazine groups is 1. The summed E-state index contributed by atoms with van der Waals surface area (Å²) >= 11 is 0. The highest BCUT2D eigenvalue weighted by atomic mass is 16.5. The summed E-state index contributed by atoms with van der Waals surface area (Å²) in [6, 6.07) is 10.8. The van der Waals surface area contributed by atoms with E-state index in [9.17, 15) is 14.4 Å². The lowest BCUT2D eigenvalue weighted by Gasteiger charge is -2.20. The Morgan fingerprint density at radius 1 is 1.04 bits per heavy atom. The molecule has 0 aliphatic rings. The Morgan fingerprint density at radius 3 is 2.29 bits per heavy atom. The summed E-state index contributed by atoms with van der Waals surface area (Å²) in [4.78, 5) is 35.4. The van der Waals surface area contributed by atoms with Gasteiger partial charge in [0.1, 0.15) is 11.5 Å². The molecule has 8 nitrogen and oxygen atoms in total. The van der Waals surface area contributed by atoms with Crippen LogP contribution in [0.1, 0.15) is 39.0 Å². The van der Waals surface area contributed by atoms with Gasteiger partial charge in [-0.05, 0) is 42.2 Å². The fourth-order valence-electron chi connectivity index (χ4n) is 2.23. The Morgan fingerprint density at radius 2 is 1.71 bits per heavy atom. The van der Waals surface area contributed by atoms with Gasteiger partial charge in [-0.1, -0.05) is 32.9 Å². The first kappa shape index (κ1) is 21.0. The van der Waals surface area contributed by atoms with Crippen molar-refractivity contribution in [2.75, 3.05) is 0 Å². The largest absolute Gasteiger partial charge is 0.481 e. The third-order valence-corrected chi connectivity index (χ3v) is 3.91. The van der Waals surface area contributed by atoms with Crippen molar-refractivity contribution in [2.24, 2.45) is 0 Å². The van der Waals surface area contributed by atoms with Gasteiger partial charge in [0.05, 0.1) is 12.8 Å². The molecule has 0 bridgehead atoms. The van der Waals surface area contributed by atoms with Crippen molar-refractivity contribution in [3.63, 3.8) is 0 Å². The molecule has 1 aromatic carbocycles. The van der Waals surface area contributed by atoms with Crippen molar-refractivity contribution < 1.29 is 23.5 Å². The first-order valence-corrected chi connectivity index (χ1v) is 8.84. The molecule has 0 fully saturated rings. The van der Waals surface area contributed by atoms with Crippen molar-refractivity contribution in [3.05, 3.63) is 54.0 Å². The van der Waals surface area contributed by atoms with Gasteiger partial charge in [0.2, 0.25) is 0 Å². The van der Waals surface area contributed by atoms with Crippen LogP contribution < -0.4 is 20.9 Å². The summed E-state index contributed by atoms with van der Waals surface area (Å²) in [5, 5.41) is 2.37. The zero-order chi connectivity index (χ0) is 20.7. The topological polar surface area (TPSA) is 110 Å². The zero-order valence-electron chi connectivity index (χ0n) is 16.4. The number of ether oxygens (including phenoxy) is 1. The number of amides is 3. The van der Waals surface area contributed by atoms with Crippen LogP contribution in [0.15, 0.2) is 47.1 Å². The van der Waals surface area contributed by atoms with Crippen LogP contribution in [-0.4, -0.2) is 23.8 Å². The normalized spacial score (nSPS) is 12.0. The van der Waals surface area contributed by atoms with E-state index in [1.807, 2.05) is 17.6 Å². The van der Waals surface area contributed by atoms with E-state index in [2.05, 4.69) is 31.5 Å². The Kier molecular flexibility index (Phi) is 6.81. The molecule has 1 heterocycles. The van der Waals surface area contributed by atoms with Gasteiger partial charge in [0, 0.05) is 0 Å². The summed E-state index contributed by atoms with van der Waals surface area (Å²) < 4.78 is 10.6. The monoisotopic (exact) mass is 387 g/mol. The smallest absolute Gasteiger partial charge is 0.327 e. The van der Waals surface area contributed by atoms with Gasteiger partial charge in [0.25, 0.3) is 5.91 Å². The highest BCUT2D eigenvalue weighted by Crippen LogP contribution is 2.24. The quantitative estimate of drug-likeness (QED) is 0.535. The lowest BCUT2D eigenvalue weighted by molar-refractivity contribution is -0.141. The van der Waals surface area contributed by atoms with Gasteiger partial charge in [-0.2, -0.15) is 0 Å². The maximum Gasteiger partial charge on any atom is 0.327 e. The Balaban J connectivity index is 1.77. The van der Waals surface area contributed by atoms with Gasteiger partial charge in [-0.25, -0.2) is 0 Å². The van der Waals surface area contributed by atoms with Crippen molar-refractivity contribution in [2.45, 2.75) is 45.8 Å². The fourth-order valence-corrected chi connectivity index (χ4v) is 2.23. The molecule has 3 amide bonds. The van der Waals surface area contributed by atoms with E-state index in [4.69, 9.17) is 9.15 Å². The van der Waals surface area contributed by atoms with Crippen LogP contribution in [0.2, 0.25) is 0 Å². The molecule has 0 saturated carbocycles. The van der Waals surface area contributed by atoms with Crippen LogP contribution in [0.3, 0.4) is 0 Å². The molecule has 28 heavy (non-hydrogen) atoms. The summed E-state index contributed by atoms with van der Waals surface area (Å²) in [5.74, 6) is -1.46. The van der Waals surface area contributed by atoms with Gasteiger partial charge >= 0.3 is 11.8 Å². The maximum absolute atomic E-state index is 12.0. The lowest BCUT2D eigenvalue weighted by Crippen LogP contribution is -2.51. The number of furan rings is 1. The molecule has 1 atom stereocenters. The van der Waals surface area contributed by atoms with Crippen LogP contribution in [0.5, 0.6) is 5.75 Å². The number of carbonyl (C=O) groups excluding carboxylic acids is 3. The van der Waals surface area contributed by atoms with E-state index in [-0.39, 0.29) is 12.0 Å². The van der Waals surface area contributed by atoms with Gasteiger partial charge in [-0.15, -0.1) is 0 Å². The number of carbonyl (C=O) groups is 3. The molecule has 0 radical (unpaired) electrons. The molecule has 1 aromatic heterocycles. The third kappa shape index (κ3) is 6.15. The van der Waals surface area contributed by atoms with E-state index in [1.54, 1.807) is 24.3 Å². The summed E-state index contributed by atoms with van der Waals surface area (Å²) in [6.45, 7) is 7.92. The number of nitrogens with one attached hydrogen (secondary N) is 3. The van der Waals surface area contributed by atoms with Crippen LogP contribution in [-0.2, 0) is 26.3 Å². The predicted molar refractivity (Wildman–Crippen MR) is 102 cm³/mol. The minimum Gasteiger partial charge on any atom is -0.481 e. The lowest BCUT2D eigenvalue weighted by atomic mass is 9.87. The highest BCUT2D eigenvalue weighted by molar-refractivity contribution is 6.35. The molecule has 0 aliphatic carbocycles. The second kappa shape index (κ2) is 9.07. The SMILES string of the molecule is C[C@H](Oc1ccc(C(C)(C)C)cc1)C(=O)NNC(=O)C(=O)NCc1ccco1. The molecular weight excluding hydrogens is 362 g/mol. The molecular formula is C20H25N3O5. The van der Waals surface area contributed by atoms with Crippen molar-refractivity contribution >= 4 is 17.7 Å². The Hall–Kier alpha value is -3.29. The predicted octanol–water partition coefficient (Wildman–Crippen LogP) is 1.81. The van der Waals surface area contributed by atoms with Gasteiger partial charge < -0.3 is 14.5 Å². The number of benzene rings is 1. The Bertz CT molecular complexity index is 807. The minimum absolute atomic E-state index is 0.0172. The molecule has 3 N–H and O–H groups in total. The van der Waals surface area contributed by atoms with Gasteiger partial charge in [0.15, 0.2) is 6.10 Å². The van der Waals surface area contributed by atoms with E-state index in [0.717, 1.165) is 5.56 Å². The standard InChI is InChI=1S/C20H25N3O5/c1-13(28-15-9-7-14(8-10-15)20(2,3)4)17(24)22-23-19(26)18(25)21-12-16-6-5-11-27-16/h5-11,13H,12H2,1-4H3,(H,21,25)(H,22,24)(H,23,26)/t13-/m0/s1. The first-order valence-electron chi connectivity index (χ1n) is 8.84. The Labute approximate surface area is 163 Å². The van der Waals surface area contributed by atoms with E-state index in [1.165, 1.54) is 13.2 Å². The molecule has 0 spiro atoms. The summed E-state index contributed by atoms with van der Waals surface area (Å²) in [7, 11) is 0. The fraction of sp³-hybridized carbons (Fsp3) is 0.350. The second-order valence-electron chi connectivity index (χ2n) is 7.24. The number of hydrogen-bond acceptors (Lipinski definition) is 5. The molecule has 8 heteroatoms. The van der Waals surface area contributed by atoms with Gasteiger partial charge in [-0.3, -0.25) is 25.2 Å². The minimum atomic E-state index is -0.998. The molecule has 0 aliphatic heterocycles. The maximum atomic E-state index is 12.0. The number of rotatable bonds is 5. The summed E-state index contributed by atoms with van der Waals surface area (Å²) in [6.07, 6.45) is 0.590. The zero-order valence-corrected chi connectivity index (χ0v) is 16.4. The van der Waals surface area contributed by atoms with E-state index < -0.39 is 23.8 Å². The highest BCUT2D eigenvalue weighted by Gasteiger charge is 2.19. The van der Waals surface area contributed by atoms with Crippen molar-refractivity contribution in [3.8, 4) is 5.75 Å². The molecule has 0 unspecified atom stereocenters. The average Bonchev–Trinajstić information content (AvgIpc) is 3.17. The first-order chi connectivity index (χ1) is 13.2. The molecule has 2 rings (SSSR count). The van der Waals surface area contributed by atoms with E-state index in [0.29, 0.717) is 11.5 Å². The second-order valence-corrected chi connectivity index (χ2v) is 7.24. The van der Waals surface area contributed by atoms with Crippen LogP contribution in [0, 0.1) is 0 Å². The van der Waals surface area contributed by atoms with Crippen molar-refractivity contribution in [1.29, 1.82) is 0 Å². The third-order valence-electron chi connectivity index (χ3n) is 3.91. The van der Waals surface area contributed by atoms with Crippen LogP contribution in [0.4, 0.5) is 0 Å². The average molecular weight is 387 g/mol. The molecule has 150 valence electrons. The van der Waals surface area contributed by atoms with Crippen LogP contribution in [0.25, 0.3) is 0 Å². The van der Waals surface area contributed by atoms with E-state index >= 15 is 0 Å². The molecule has 0 saturated heterocycles. The number of hydrogen-bond donors (Lipinski definition) is 3. The summed E-state index contributed by atoms with van der Waals surface area (Å²) in [5.41, 5.74) is 5.37. The van der Waals surface area contributed by atoms with Crippen LogP contribution >= 0.6 is 0 Å². The molecule has 2 aromatic rings.